The number of aromatic amines is 1. The number of rotatable bonds is 5. The first-order valence-corrected chi connectivity index (χ1v) is 9.38. The molecule has 0 saturated carbocycles. The monoisotopic (exact) mass is 387 g/mol. The van der Waals surface area contributed by atoms with E-state index in [0.29, 0.717) is 16.7 Å². The molecule has 0 radical (unpaired) electrons. The summed E-state index contributed by atoms with van der Waals surface area (Å²) in [6.45, 7) is 2.01. The lowest BCUT2D eigenvalue weighted by Crippen LogP contribution is -2.21. The Morgan fingerprint density at radius 1 is 1.21 bits per heavy atom. The molecule has 7 nitrogen and oxygen atoms in total. The van der Waals surface area contributed by atoms with E-state index in [1.54, 1.807) is 12.3 Å². The number of hydrogen-bond donors (Lipinski definition) is 2. The number of H-pyrrole nitrogens is 1. The minimum atomic E-state index is -0.272. The van der Waals surface area contributed by atoms with Crippen LogP contribution < -0.4 is 11.0 Å². The minimum Gasteiger partial charge on any atom is -0.347 e. The highest BCUT2D eigenvalue weighted by molar-refractivity contribution is 6.01. The third kappa shape index (κ3) is 3.67. The summed E-state index contributed by atoms with van der Waals surface area (Å²) < 4.78 is 2.09. The number of hydrazone groups is 1. The summed E-state index contributed by atoms with van der Waals surface area (Å²) in [5.41, 5.74) is 7.14. The van der Waals surface area contributed by atoms with Gasteiger partial charge in [-0.3, -0.25) is 9.59 Å². The summed E-state index contributed by atoms with van der Waals surface area (Å²) >= 11 is 0. The quantitative estimate of drug-likeness (QED) is 0.407. The normalized spacial score (nSPS) is 11.5. The first-order chi connectivity index (χ1) is 14.0. The minimum absolute atomic E-state index is 0.125. The van der Waals surface area contributed by atoms with Gasteiger partial charge in [0, 0.05) is 42.0 Å². The van der Waals surface area contributed by atoms with Crippen LogP contribution in [0.5, 0.6) is 0 Å². The maximum Gasteiger partial charge on any atom is 0.270 e. The molecule has 146 valence electrons. The first-order valence-electron chi connectivity index (χ1n) is 9.38. The molecule has 2 N–H and O–H groups in total. The predicted molar refractivity (Wildman–Crippen MR) is 114 cm³/mol. The van der Waals surface area contributed by atoms with Gasteiger partial charge in [0.05, 0.1) is 17.2 Å². The number of amides is 1. The Hall–Kier alpha value is -3.74. The SMILES string of the molecule is Cc1c(/C=N\NC(=O)CCc2nc3ccccc3[nH]c2=O)c2ccccc2n1C. The first kappa shape index (κ1) is 18.6. The number of aromatic nitrogens is 3. The second kappa shape index (κ2) is 7.71. The average molecular weight is 387 g/mol. The third-order valence-electron chi connectivity index (χ3n) is 5.09. The number of aryl methyl sites for hydroxylation is 2. The Balaban J connectivity index is 1.43. The van der Waals surface area contributed by atoms with Crippen molar-refractivity contribution in [3.8, 4) is 0 Å². The van der Waals surface area contributed by atoms with Crippen LogP contribution in [0.25, 0.3) is 21.9 Å². The van der Waals surface area contributed by atoms with Gasteiger partial charge in [0.25, 0.3) is 5.56 Å². The van der Waals surface area contributed by atoms with Crippen LogP contribution in [-0.2, 0) is 18.3 Å². The summed E-state index contributed by atoms with van der Waals surface area (Å²) in [5, 5.41) is 5.19. The second-order valence-corrected chi connectivity index (χ2v) is 6.90. The maximum atomic E-state index is 12.2. The number of fused-ring (bicyclic) bond motifs is 2. The predicted octanol–water partition coefficient (Wildman–Crippen LogP) is 2.81. The average Bonchev–Trinajstić information content (AvgIpc) is 2.97. The van der Waals surface area contributed by atoms with E-state index < -0.39 is 0 Å². The summed E-state index contributed by atoms with van der Waals surface area (Å²) in [6.07, 6.45) is 2.03. The highest BCUT2D eigenvalue weighted by atomic mass is 16.2. The zero-order valence-electron chi connectivity index (χ0n) is 16.3. The molecule has 0 aliphatic heterocycles. The van der Waals surface area contributed by atoms with Crippen LogP contribution in [0.3, 0.4) is 0 Å². The van der Waals surface area contributed by atoms with E-state index in [2.05, 4.69) is 25.1 Å². The summed E-state index contributed by atoms with van der Waals surface area (Å²) in [6, 6.07) is 15.4. The molecule has 0 saturated heterocycles. The highest BCUT2D eigenvalue weighted by Gasteiger charge is 2.10. The van der Waals surface area contributed by atoms with Crippen LogP contribution in [0, 0.1) is 6.92 Å². The molecule has 0 atom stereocenters. The largest absolute Gasteiger partial charge is 0.347 e. The van der Waals surface area contributed by atoms with Crippen LogP contribution in [0.15, 0.2) is 58.4 Å². The molecule has 0 aliphatic rings. The molecule has 0 spiro atoms. The molecule has 0 unspecified atom stereocenters. The van der Waals surface area contributed by atoms with Crippen molar-refractivity contribution in [2.45, 2.75) is 19.8 Å². The summed E-state index contributed by atoms with van der Waals surface area (Å²) in [4.78, 5) is 31.4. The van der Waals surface area contributed by atoms with Gasteiger partial charge in [-0.15, -0.1) is 0 Å². The van der Waals surface area contributed by atoms with E-state index in [-0.39, 0.29) is 24.3 Å². The number of hydrogen-bond acceptors (Lipinski definition) is 4. The molecule has 2 aromatic carbocycles. The molecule has 0 aliphatic carbocycles. The van der Waals surface area contributed by atoms with Gasteiger partial charge in [0.2, 0.25) is 5.91 Å². The van der Waals surface area contributed by atoms with Gasteiger partial charge in [0.15, 0.2) is 0 Å². The molecule has 2 aromatic heterocycles. The molecular weight excluding hydrogens is 366 g/mol. The zero-order valence-corrected chi connectivity index (χ0v) is 16.3. The Morgan fingerprint density at radius 2 is 1.97 bits per heavy atom. The van der Waals surface area contributed by atoms with Gasteiger partial charge in [-0.2, -0.15) is 5.10 Å². The van der Waals surface area contributed by atoms with E-state index >= 15 is 0 Å². The van der Waals surface area contributed by atoms with Crippen molar-refractivity contribution in [2.75, 3.05) is 0 Å². The molecule has 29 heavy (non-hydrogen) atoms. The van der Waals surface area contributed by atoms with E-state index in [9.17, 15) is 9.59 Å². The van der Waals surface area contributed by atoms with Gasteiger partial charge < -0.3 is 9.55 Å². The fourth-order valence-corrected chi connectivity index (χ4v) is 3.41. The fraction of sp³-hybridized carbons (Fsp3) is 0.182. The standard InChI is InChI=1S/C22H21N5O2/c1-14-16(15-7-3-6-10-20(15)27(14)2)13-23-26-21(28)12-11-19-22(29)25-18-9-5-4-8-17(18)24-19/h3-10,13H,11-12H2,1-2H3,(H,25,29)(H,26,28)/b23-13-. The molecule has 0 bridgehead atoms. The van der Waals surface area contributed by atoms with Crippen LogP contribution in [0.4, 0.5) is 0 Å². The van der Waals surface area contributed by atoms with Crippen LogP contribution >= 0.6 is 0 Å². The summed E-state index contributed by atoms with van der Waals surface area (Å²) in [5.74, 6) is -0.270. The van der Waals surface area contributed by atoms with Crippen molar-refractivity contribution in [1.82, 2.24) is 20.0 Å². The van der Waals surface area contributed by atoms with Gasteiger partial charge in [-0.1, -0.05) is 30.3 Å². The zero-order chi connectivity index (χ0) is 20.4. The molecular formula is C22H21N5O2. The van der Waals surface area contributed by atoms with Crippen molar-refractivity contribution in [2.24, 2.45) is 12.1 Å². The van der Waals surface area contributed by atoms with Crippen LogP contribution in [0.1, 0.15) is 23.4 Å². The molecule has 1 amide bonds. The highest BCUT2D eigenvalue weighted by Crippen LogP contribution is 2.22. The molecule has 7 heteroatoms. The van der Waals surface area contributed by atoms with Gasteiger partial charge >= 0.3 is 0 Å². The summed E-state index contributed by atoms with van der Waals surface area (Å²) in [7, 11) is 2.00. The van der Waals surface area contributed by atoms with E-state index in [1.165, 1.54) is 0 Å². The van der Waals surface area contributed by atoms with Gasteiger partial charge in [-0.25, -0.2) is 10.4 Å². The number of carbonyl (C=O) groups excluding carboxylic acids is 1. The van der Waals surface area contributed by atoms with Crippen LogP contribution in [-0.4, -0.2) is 26.7 Å². The molecule has 4 aromatic rings. The van der Waals surface area contributed by atoms with Gasteiger partial charge in [-0.05, 0) is 25.1 Å². The smallest absolute Gasteiger partial charge is 0.270 e. The Kier molecular flexibility index (Phi) is 4.95. The lowest BCUT2D eigenvalue weighted by atomic mass is 10.1. The van der Waals surface area contributed by atoms with Crippen molar-refractivity contribution in [3.05, 3.63) is 75.8 Å². The fourth-order valence-electron chi connectivity index (χ4n) is 3.41. The lowest BCUT2D eigenvalue weighted by molar-refractivity contribution is -0.121. The van der Waals surface area contributed by atoms with E-state index in [4.69, 9.17) is 0 Å². The van der Waals surface area contributed by atoms with Crippen LogP contribution in [0.2, 0.25) is 0 Å². The number of benzene rings is 2. The van der Waals surface area contributed by atoms with Crippen molar-refractivity contribution in [3.63, 3.8) is 0 Å². The Bertz CT molecular complexity index is 1300. The molecule has 4 rings (SSSR count). The molecule has 0 fully saturated rings. The molecule has 2 heterocycles. The number of para-hydroxylation sites is 3. The van der Waals surface area contributed by atoms with E-state index in [1.807, 2.05) is 56.4 Å². The Morgan fingerprint density at radius 3 is 2.83 bits per heavy atom. The van der Waals surface area contributed by atoms with E-state index in [0.717, 1.165) is 22.2 Å². The van der Waals surface area contributed by atoms with Crippen molar-refractivity contribution >= 4 is 34.1 Å². The second-order valence-electron chi connectivity index (χ2n) is 6.90. The lowest BCUT2D eigenvalue weighted by Gasteiger charge is -2.02. The maximum absolute atomic E-state index is 12.2. The number of carbonyl (C=O) groups is 1. The topological polar surface area (TPSA) is 92.1 Å². The van der Waals surface area contributed by atoms with Gasteiger partial charge in [0.1, 0.15) is 5.69 Å². The van der Waals surface area contributed by atoms with Crippen molar-refractivity contribution < 1.29 is 4.79 Å². The third-order valence-corrected chi connectivity index (χ3v) is 5.09. The number of nitrogens with one attached hydrogen (secondary N) is 2. The Labute approximate surface area is 167 Å². The number of nitrogens with zero attached hydrogens (tertiary/aromatic N) is 3. The van der Waals surface area contributed by atoms with Crippen molar-refractivity contribution in [1.29, 1.82) is 0 Å².